The minimum absolute atomic E-state index is 0.0590. The summed E-state index contributed by atoms with van der Waals surface area (Å²) < 4.78 is 1.99. The van der Waals surface area contributed by atoms with E-state index in [-0.39, 0.29) is 18.7 Å². The summed E-state index contributed by atoms with van der Waals surface area (Å²) in [5, 5.41) is 14.5. The first kappa shape index (κ1) is 14.1. The van der Waals surface area contributed by atoms with Gasteiger partial charge in [0.15, 0.2) is 0 Å². The van der Waals surface area contributed by atoms with E-state index in [2.05, 4.69) is 10.6 Å². The van der Waals surface area contributed by atoms with Crippen LogP contribution in [0.25, 0.3) is 5.69 Å². The van der Waals surface area contributed by atoms with Gasteiger partial charge in [-0.25, -0.2) is 4.79 Å². The molecule has 0 saturated carbocycles. The molecule has 0 fully saturated rings. The molecule has 0 aliphatic heterocycles. The molecule has 0 bridgehead atoms. The normalized spacial score (nSPS) is 11.9. The maximum Gasteiger partial charge on any atom is 0.319 e. The molecule has 0 aliphatic rings. The second-order valence-corrected chi connectivity index (χ2v) is 4.52. The van der Waals surface area contributed by atoms with Gasteiger partial charge in [-0.2, -0.15) is 0 Å². The number of carbonyl (C=O) groups excluding carboxylic acids is 1. The van der Waals surface area contributed by atoms with E-state index in [0.717, 1.165) is 5.69 Å². The number of rotatable bonds is 5. The van der Waals surface area contributed by atoms with Gasteiger partial charge < -0.3 is 20.3 Å². The van der Waals surface area contributed by atoms with E-state index < -0.39 is 0 Å². The number of nitrogens with one attached hydrogen (secondary N) is 2. The molecule has 2 rings (SSSR count). The van der Waals surface area contributed by atoms with Crippen molar-refractivity contribution in [2.75, 3.05) is 11.9 Å². The van der Waals surface area contributed by atoms with Gasteiger partial charge in [-0.3, -0.25) is 0 Å². The van der Waals surface area contributed by atoms with E-state index in [1.807, 2.05) is 60.3 Å². The van der Waals surface area contributed by atoms with E-state index in [1.165, 1.54) is 0 Å². The van der Waals surface area contributed by atoms with Crippen LogP contribution in [0.5, 0.6) is 0 Å². The third-order valence-corrected chi connectivity index (χ3v) is 3.08. The molecule has 1 atom stereocenters. The number of hydrogen-bond acceptors (Lipinski definition) is 2. The van der Waals surface area contributed by atoms with Crippen LogP contribution in [0, 0.1) is 0 Å². The van der Waals surface area contributed by atoms with Crippen molar-refractivity contribution in [1.82, 2.24) is 9.88 Å². The zero-order chi connectivity index (χ0) is 14.4. The number of aromatic nitrogens is 1. The van der Waals surface area contributed by atoms with Crippen molar-refractivity contribution in [3.63, 3.8) is 0 Å². The number of urea groups is 1. The van der Waals surface area contributed by atoms with Crippen molar-refractivity contribution in [2.24, 2.45) is 0 Å². The first-order valence-corrected chi connectivity index (χ1v) is 6.64. The maximum atomic E-state index is 11.7. The monoisotopic (exact) mass is 273 g/mol. The maximum absolute atomic E-state index is 11.7. The third-order valence-electron chi connectivity index (χ3n) is 3.08. The van der Waals surface area contributed by atoms with E-state index in [0.29, 0.717) is 12.1 Å². The summed E-state index contributed by atoms with van der Waals surface area (Å²) in [6.45, 7) is 1.85. The summed E-state index contributed by atoms with van der Waals surface area (Å²) in [6.07, 6.45) is 4.61. The third kappa shape index (κ3) is 3.61. The Morgan fingerprint density at radius 3 is 2.45 bits per heavy atom. The largest absolute Gasteiger partial charge is 0.394 e. The van der Waals surface area contributed by atoms with Gasteiger partial charge in [0, 0.05) is 23.8 Å². The number of aliphatic hydroxyl groups excluding tert-OH is 1. The number of anilines is 1. The van der Waals surface area contributed by atoms with E-state index in [1.54, 1.807) is 0 Å². The minimum Gasteiger partial charge on any atom is -0.394 e. The first-order chi connectivity index (χ1) is 9.72. The van der Waals surface area contributed by atoms with Crippen molar-refractivity contribution in [3.8, 4) is 5.69 Å². The zero-order valence-electron chi connectivity index (χ0n) is 11.4. The highest BCUT2D eigenvalue weighted by Crippen LogP contribution is 2.13. The van der Waals surface area contributed by atoms with Crippen molar-refractivity contribution >= 4 is 11.7 Å². The number of carbonyl (C=O) groups is 1. The van der Waals surface area contributed by atoms with Crippen LogP contribution in [0.2, 0.25) is 0 Å². The summed E-state index contributed by atoms with van der Waals surface area (Å²) in [7, 11) is 0. The minimum atomic E-state index is -0.306. The Balaban J connectivity index is 1.95. The Hall–Kier alpha value is -2.27. The number of hydrogen-bond donors (Lipinski definition) is 3. The molecule has 0 saturated heterocycles. The van der Waals surface area contributed by atoms with Crippen LogP contribution in [0.4, 0.5) is 10.5 Å². The SMILES string of the molecule is CCC(CO)NC(=O)Nc1ccc(-n2cccc2)cc1. The van der Waals surface area contributed by atoms with Crippen molar-refractivity contribution in [1.29, 1.82) is 0 Å². The number of nitrogens with zero attached hydrogens (tertiary/aromatic N) is 1. The van der Waals surface area contributed by atoms with Crippen molar-refractivity contribution in [2.45, 2.75) is 19.4 Å². The highest BCUT2D eigenvalue weighted by molar-refractivity contribution is 5.89. The molecule has 1 aromatic heterocycles. The second kappa shape index (κ2) is 6.77. The Bertz CT molecular complexity index is 531. The van der Waals surface area contributed by atoms with Crippen LogP contribution < -0.4 is 10.6 Å². The van der Waals surface area contributed by atoms with Crippen molar-refractivity contribution in [3.05, 3.63) is 48.8 Å². The van der Waals surface area contributed by atoms with Gasteiger partial charge in [-0.1, -0.05) is 6.92 Å². The predicted molar refractivity (Wildman–Crippen MR) is 79.1 cm³/mol. The van der Waals surface area contributed by atoms with Gasteiger partial charge in [0.25, 0.3) is 0 Å². The Labute approximate surface area is 118 Å². The fourth-order valence-electron chi connectivity index (χ4n) is 1.85. The Kier molecular flexibility index (Phi) is 4.79. The molecule has 3 N–H and O–H groups in total. The Morgan fingerprint density at radius 1 is 1.25 bits per heavy atom. The summed E-state index contributed by atoms with van der Waals surface area (Å²) in [5.41, 5.74) is 1.74. The molecule has 20 heavy (non-hydrogen) atoms. The summed E-state index contributed by atoms with van der Waals surface area (Å²) >= 11 is 0. The van der Waals surface area contributed by atoms with E-state index in [4.69, 9.17) is 5.11 Å². The topological polar surface area (TPSA) is 66.3 Å². The lowest BCUT2D eigenvalue weighted by molar-refractivity contribution is 0.222. The standard InChI is InChI=1S/C15H19N3O2/c1-2-12(11-19)16-15(20)17-13-5-7-14(8-6-13)18-9-3-4-10-18/h3-10,12,19H,2,11H2,1H3,(H2,16,17,20). The number of aliphatic hydroxyl groups is 1. The fourth-order valence-corrected chi connectivity index (χ4v) is 1.85. The lowest BCUT2D eigenvalue weighted by atomic mass is 10.2. The van der Waals surface area contributed by atoms with Gasteiger partial charge >= 0.3 is 6.03 Å². The molecule has 5 nitrogen and oxygen atoms in total. The summed E-state index contributed by atoms with van der Waals surface area (Å²) in [4.78, 5) is 11.7. The molecule has 2 aromatic rings. The second-order valence-electron chi connectivity index (χ2n) is 4.52. The van der Waals surface area contributed by atoms with Crippen LogP contribution in [-0.4, -0.2) is 28.4 Å². The highest BCUT2D eigenvalue weighted by Gasteiger charge is 2.08. The summed E-state index contributed by atoms with van der Waals surface area (Å²) in [5.74, 6) is 0. The molecular formula is C15H19N3O2. The van der Waals surface area contributed by atoms with Crippen LogP contribution in [0.1, 0.15) is 13.3 Å². The van der Waals surface area contributed by atoms with E-state index in [9.17, 15) is 4.79 Å². The van der Waals surface area contributed by atoms with Crippen LogP contribution >= 0.6 is 0 Å². The molecule has 0 spiro atoms. The van der Waals surface area contributed by atoms with Crippen molar-refractivity contribution < 1.29 is 9.90 Å². The Morgan fingerprint density at radius 2 is 1.90 bits per heavy atom. The molecule has 5 heteroatoms. The number of benzene rings is 1. The quantitative estimate of drug-likeness (QED) is 0.783. The van der Waals surface area contributed by atoms with Gasteiger partial charge in [0.05, 0.1) is 12.6 Å². The first-order valence-electron chi connectivity index (χ1n) is 6.64. The van der Waals surface area contributed by atoms with Crippen LogP contribution in [0.3, 0.4) is 0 Å². The molecule has 1 heterocycles. The average molecular weight is 273 g/mol. The molecular weight excluding hydrogens is 254 g/mol. The predicted octanol–water partition coefficient (Wildman–Crippen LogP) is 2.37. The molecule has 0 aliphatic carbocycles. The van der Waals surface area contributed by atoms with Crippen LogP contribution in [-0.2, 0) is 0 Å². The van der Waals surface area contributed by atoms with Crippen LogP contribution in [0.15, 0.2) is 48.8 Å². The molecule has 1 unspecified atom stereocenters. The fraction of sp³-hybridized carbons (Fsp3) is 0.267. The molecule has 2 amide bonds. The summed E-state index contributed by atoms with van der Waals surface area (Å²) in [6, 6.07) is 10.9. The highest BCUT2D eigenvalue weighted by atomic mass is 16.3. The molecule has 106 valence electrons. The smallest absolute Gasteiger partial charge is 0.319 e. The molecule has 0 radical (unpaired) electrons. The van der Waals surface area contributed by atoms with Gasteiger partial charge in [0.2, 0.25) is 0 Å². The lowest BCUT2D eigenvalue weighted by Gasteiger charge is -2.15. The average Bonchev–Trinajstić information content (AvgIpc) is 2.99. The van der Waals surface area contributed by atoms with E-state index >= 15 is 0 Å². The molecule has 1 aromatic carbocycles. The number of amides is 2. The van der Waals surface area contributed by atoms with Gasteiger partial charge in [-0.15, -0.1) is 0 Å². The van der Waals surface area contributed by atoms with Gasteiger partial charge in [0.1, 0.15) is 0 Å². The lowest BCUT2D eigenvalue weighted by Crippen LogP contribution is -2.39. The van der Waals surface area contributed by atoms with Gasteiger partial charge in [-0.05, 0) is 42.8 Å². The zero-order valence-corrected chi connectivity index (χ0v) is 11.4.